The lowest BCUT2D eigenvalue weighted by atomic mass is 10.2. The van der Waals surface area contributed by atoms with Gasteiger partial charge in [0.05, 0.1) is 17.1 Å². The highest BCUT2D eigenvalue weighted by Gasteiger charge is 2.28. The molecule has 1 atom stereocenters. The summed E-state index contributed by atoms with van der Waals surface area (Å²) >= 11 is 6.00. The SMILES string of the molecule is COc1ccc2c(c1Cl)S(=O)(O)=N[N+](C)=C2. The quantitative estimate of drug-likeness (QED) is 0.782. The number of methoxy groups -OCH3 is 1. The molecule has 0 saturated carbocycles. The van der Waals surface area contributed by atoms with Crippen LogP contribution in [-0.2, 0) is 10.0 Å². The van der Waals surface area contributed by atoms with Crippen molar-refractivity contribution in [3.63, 3.8) is 0 Å². The van der Waals surface area contributed by atoms with Crippen LogP contribution in [0, 0.1) is 0 Å². The van der Waals surface area contributed by atoms with Crippen molar-refractivity contribution in [2.75, 3.05) is 14.2 Å². The first-order valence-electron chi connectivity index (χ1n) is 4.39. The molecule has 0 aliphatic carbocycles. The van der Waals surface area contributed by atoms with Crippen LogP contribution in [0.3, 0.4) is 0 Å². The third-order valence-corrected chi connectivity index (χ3v) is 4.08. The lowest BCUT2D eigenvalue weighted by Crippen LogP contribution is -2.16. The molecule has 0 saturated heterocycles. The minimum atomic E-state index is -3.50. The molecule has 2 rings (SSSR count). The molecule has 0 bridgehead atoms. The fourth-order valence-corrected chi connectivity index (χ4v) is 3.31. The highest BCUT2D eigenvalue weighted by atomic mass is 35.5. The highest BCUT2D eigenvalue weighted by molar-refractivity contribution is 7.88. The highest BCUT2D eigenvalue weighted by Crippen LogP contribution is 2.35. The maximum Gasteiger partial charge on any atom is 0.254 e. The first-order chi connectivity index (χ1) is 7.45. The third-order valence-electron chi connectivity index (χ3n) is 2.14. The summed E-state index contributed by atoms with van der Waals surface area (Å²) in [7, 11) is -0.469. The first-order valence-corrected chi connectivity index (χ1v) is 6.24. The fraction of sp³-hybridized carbons (Fsp3) is 0.222. The van der Waals surface area contributed by atoms with Crippen LogP contribution < -0.4 is 4.74 Å². The molecule has 1 heterocycles. The Balaban J connectivity index is 2.84. The van der Waals surface area contributed by atoms with E-state index >= 15 is 0 Å². The Kier molecular flexibility index (Phi) is 2.65. The maximum absolute atomic E-state index is 11.9. The van der Waals surface area contributed by atoms with Crippen molar-refractivity contribution in [1.82, 2.24) is 0 Å². The first kappa shape index (κ1) is 11.4. The van der Waals surface area contributed by atoms with Crippen LogP contribution in [-0.4, -0.2) is 33.8 Å². The molecule has 1 aliphatic heterocycles. The smallest absolute Gasteiger partial charge is 0.254 e. The van der Waals surface area contributed by atoms with Crippen LogP contribution in [0.5, 0.6) is 5.75 Å². The van der Waals surface area contributed by atoms with E-state index in [4.69, 9.17) is 16.3 Å². The van der Waals surface area contributed by atoms with Crippen LogP contribution in [0.2, 0.25) is 5.02 Å². The Labute approximate surface area is 98.3 Å². The van der Waals surface area contributed by atoms with E-state index in [9.17, 15) is 8.76 Å². The third kappa shape index (κ3) is 1.68. The summed E-state index contributed by atoms with van der Waals surface area (Å²) in [4.78, 5) is 0.103. The number of rotatable bonds is 1. The summed E-state index contributed by atoms with van der Waals surface area (Å²) in [5.41, 5.74) is 0.566. The number of halogens is 1. The van der Waals surface area contributed by atoms with Crippen molar-refractivity contribution in [1.29, 1.82) is 0 Å². The topological polar surface area (TPSA) is 61.9 Å². The number of nitrogens with zero attached hydrogens (tertiary/aromatic N) is 2. The zero-order valence-electron chi connectivity index (χ0n) is 8.68. The molecule has 1 N–H and O–H groups in total. The standard InChI is InChI=1S/C9H9ClN2O3S/c1-12-5-6-3-4-7(15-2)8(10)9(6)16(13,14)11-12/h3-5H,1-2H3/p+1. The molecule has 1 unspecified atom stereocenters. The second-order valence-corrected chi connectivity index (χ2v) is 5.22. The second-order valence-electron chi connectivity index (χ2n) is 3.28. The molecule has 1 aromatic carbocycles. The zero-order chi connectivity index (χ0) is 11.9. The summed E-state index contributed by atoms with van der Waals surface area (Å²) in [5, 5.41) is 0.126. The van der Waals surface area contributed by atoms with E-state index in [1.807, 2.05) is 0 Å². The molecule has 0 spiro atoms. The Hall–Kier alpha value is -1.11. The molecular weight excluding hydrogens is 252 g/mol. The van der Waals surface area contributed by atoms with Crippen LogP contribution >= 0.6 is 11.6 Å². The van der Waals surface area contributed by atoms with E-state index in [1.165, 1.54) is 11.8 Å². The average molecular weight is 262 g/mol. The average Bonchev–Trinajstić information content (AvgIpc) is 2.15. The monoisotopic (exact) mass is 261 g/mol. The summed E-state index contributed by atoms with van der Waals surface area (Å²) < 4.78 is 31.6. The van der Waals surface area contributed by atoms with E-state index < -0.39 is 10.0 Å². The zero-order valence-corrected chi connectivity index (χ0v) is 10.2. The van der Waals surface area contributed by atoms with Crippen molar-refractivity contribution >= 4 is 27.8 Å². The predicted octanol–water partition coefficient (Wildman–Crippen LogP) is 1.64. The molecule has 86 valence electrons. The van der Waals surface area contributed by atoms with Gasteiger partial charge in [-0.05, 0) is 12.1 Å². The van der Waals surface area contributed by atoms with Gasteiger partial charge in [-0.1, -0.05) is 16.3 Å². The van der Waals surface area contributed by atoms with Crippen molar-refractivity contribution in [3.05, 3.63) is 22.7 Å². The van der Waals surface area contributed by atoms with Gasteiger partial charge in [0, 0.05) is 0 Å². The van der Waals surface area contributed by atoms with Gasteiger partial charge >= 0.3 is 0 Å². The molecule has 0 fully saturated rings. The number of hydrogen-bond donors (Lipinski definition) is 1. The molecule has 1 aliphatic rings. The van der Waals surface area contributed by atoms with Crippen LogP contribution in [0.15, 0.2) is 21.5 Å². The van der Waals surface area contributed by atoms with E-state index in [-0.39, 0.29) is 9.92 Å². The van der Waals surface area contributed by atoms with Gasteiger partial charge in [-0.15, -0.1) is 0 Å². The largest absolute Gasteiger partial charge is 0.495 e. The van der Waals surface area contributed by atoms with E-state index in [2.05, 4.69) is 4.47 Å². The Morgan fingerprint density at radius 2 is 2.25 bits per heavy atom. The molecule has 16 heavy (non-hydrogen) atoms. The lowest BCUT2D eigenvalue weighted by Gasteiger charge is -2.12. The predicted molar refractivity (Wildman–Crippen MR) is 60.8 cm³/mol. The van der Waals surface area contributed by atoms with Gasteiger partial charge in [0.2, 0.25) is 6.21 Å². The molecule has 0 aromatic heterocycles. The minimum Gasteiger partial charge on any atom is -0.495 e. The van der Waals surface area contributed by atoms with Gasteiger partial charge < -0.3 is 4.74 Å². The van der Waals surface area contributed by atoms with Gasteiger partial charge in [-0.3, -0.25) is 4.55 Å². The summed E-state index contributed by atoms with van der Waals surface area (Å²) in [6, 6.07) is 3.31. The number of benzene rings is 1. The summed E-state index contributed by atoms with van der Waals surface area (Å²) in [5.74, 6) is 0.357. The molecule has 0 radical (unpaired) electrons. The van der Waals surface area contributed by atoms with Crippen molar-refractivity contribution in [2.24, 2.45) is 4.47 Å². The Morgan fingerprint density at radius 1 is 1.56 bits per heavy atom. The molecule has 0 amide bonds. The molecular formula is C9H10ClN2O3S+. The Morgan fingerprint density at radius 3 is 2.88 bits per heavy atom. The van der Waals surface area contributed by atoms with Crippen LogP contribution in [0.25, 0.3) is 0 Å². The second kappa shape index (κ2) is 3.73. The Bertz CT molecular complexity index is 603. The fourth-order valence-electron chi connectivity index (χ4n) is 1.52. The molecule has 7 heteroatoms. The number of fused-ring (bicyclic) bond motifs is 1. The van der Waals surface area contributed by atoms with Gasteiger partial charge in [0.15, 0.2) is 7.05 Å². The molecule has 5 nitrogen and oxygen atoms in total. The minimum absolute atomic E-state index is 0.103. The number of hydrogen-bond acceptors (Lipinski definition) is 3. The van der Waals surface area contributed by atoms with E-state index in [0.29, 0.717) is 11.3 Å². The number of ether oxygens (including phenoxy) is 1. The van der Waals surface area contributed by atoms with Crippen LogP contribution in [0.1, 0.15) is 5.56 Å². The summed E-state index contributed by atoms with van der Waals surface area (Å²) in [6.45, 7) is 0. The van der Waals surface area contributed by atoms with Crippen molar-refractivity contribution < 1.29 is 18.2 Å². The van der Waals surface area contributed by atoms with Gasteiger partial charge in [0.1, 0.15) is 15.7 Å². The normalized spacial score (nSPS) is 23.1. The van der Waals surface area contributed by atoms with Gasteiger partial charge in [-0.25, -0.2) is 4.21 Å². The van der Waals surface area contributed by atoms with Crippen molar-refractivity contribution in [3.8, 4) is 5.75 Å². The van der Waals surface area contributed by atoms with Crippen LogP contribution in [0.4, 0.5) is 0 Å². The molecule has 1 aromatic rings. The van der Waals surface area contributed by atoms with Crippen molar-refractivity contribution in [2.45, 2.75) is 4.90 Å². The summed E-state index contributed by atoms with van der Waals surface area (Å²) in [6.07, 6.45) is 1.63. The van der Waals surface area contributed by atoms with Gasteiger partial charge in [0.25, 0.3) is 10.0 Å². The van der Waals surface area contributed by atoms with Gasteiger partial charge in [-0.2, -0.15) is 0 Å². The lowest BCUT2D eigenvalue weighted by molar-refractivity contribution is -0.495. The van der Waals surface area contributed by atoms with E-state index in [1.54, 1.807) is 25.4 Å². The van der Waals surface area contributed by atoms with E-state index in [0.717, 1.165) is 0 Å². The maximum atomic E-state index is 11.9.